The first kappa shape index (κ1) is 16.4. The number of nitrogens with zero attached hydrogens (tertiary/aromatic N) is 1. The largest absolute Gasteiger partial charge is 0.480 e. The zero-order valence-corrected chi connectivity index (χ0v) is 12.2. The highest BCUT2D eigenvalue weighted by Gasteiger charge is 2.19. The van der Waals surface area contributed by atoms with Gasteiger partial charge in [0.1, 0.15) is 12.4 Å². The van der Waals surface area contributed by atoms with Crippen molar-refractivity contribution in [2.45, 2.75) is 13.3 Å². The fourth-order valence-corrected chi connectivity index (χ4v) is 2.04. The molecule has 0 aromatic heterocycles. The van der Waals surface area contributed by atoms with Gasteiger partial charge in [-0.3, -0.25) is 4.79 Å². The van der Waals surface area contributed by atoms with E-state index in [4.69, 9.17) is 5.11 Å². The number of anilines is 1. The first-order chi connectivity index (χ1) is 9.35. The van der Waals surface area contributed by atoms with Crippen LogP contribution in [0.3, 0.4) is 0 Å². The molecule has 0 spiro atoms. The van der Waals surface area contributed by atoms with Gasteiger partial charge in [-0.05, 0) is 28.4 Å². The van der Waals surface area contributed by atoms with E-state index in [9.17, 15) is 18.4 Å². The third kappa shape index (κ3) is 4.44. The molecule has 1 aromatic carbocycles. The second-order valence-electron chi connectivity index (χ2n) is 3.99. The number of carbonyl (C=O) groups excluding carboxylic acids is 1. The summed E-state index contributed by atoms with van der Waals surface area (Å²) >= 11 is 2.94. The average molecular weight is 351 g/mol. The number of halogens is 3. The molecule has 0 bridgehead atoms. The van der Waals surface area contributed by atoms with Crippen LogP contribution in [0.5, 0.6) is 0 Å². The normalized spacial score (nSPS) is 10.2. The molecule has 110 valence electrons. The van der Waals surface area contributed by atoms with Gasteiger partial charge >= 0.3 is 12.0 Å². The van der Waals surface area contributed by atoms with Gasteiger partial charge in [0.25, 0.3) is 0 Å². The highest BCUT2D eigenvalue weighted by Crippen LogP contribution is 2.27. The Morgan fingerprint density at radius 3 is 2.55 bits per heavy atom. The minimum Gasteiger partial charge on any atom is -0.480 e. The standard InChI is InChI=1S/C12H13BrF2N2O3/c1-2-3-17(6-10(18)19)12(20)16-11-8(13)4-7(14)5-9(11)15/h4-5H,2-3,6H2,1H3,(H,16,20)(H,18,19). The van der Waals surface area contributed by atoms with Crippen molar-refractivity contribution >= 4 is 33.6 Å². The third-order valence-corrected chi connectivity index (χ3v) is 2.97. The van der Waals surface area contributed by atoms with Crippen LogP contribution < -0.4 is 5.32 Å². The third-order valence-electron chi connectivity index (χ3n) is 2.35. The summed E-state index contributed by atoms with van der Waals surface area (Å²) in [6.45, 7) is 1.48. The predicted molar refractivity (Wildman–Crippen MR) is 72.6 cm³/mol. The van der Waals surface area contributed by atoms with E-state index in [0.717, 1.165) is 11.0 Å². The molecule has 20 heavy (non-hydrogen) atoms. The van der Waals surface area contributed by atoms with E-state index in [1.54, 1.807) is 6.92 Å². The Morgan fingerprint density at radius 2 is 2.05 bits per heavy atom. The topological polar surface area (TPSA) is 69.6 Å². The predicted octanol–water partition coefficient (Wildman–Crippen LogP) is 3.06. The highest BCUT2D eigenvalue weighted by atomic mass is 79.9. The van der Waals surface area contributed by atoms with Crippen LogP contribution in [0.2, 0.25) is 0 Å². The molecule has 8 heteroatoms. The van der Waals surface area contributed by atoms with Crippen molar-refractivity contribution in [1.82, 2.24) is 4.90 Å². The van der Waals surface area contributed by atoms with Crippen LogP contribution >= 0.6 is 15.9 Å². The zero-order chi connectivity index (χ0) is 15.3. The van der Waals surface area contributed by atoms with Crippen molar-refractivity contribution in [3.05, 3.63) is 28.2 Å². The lowest BCUT2D eigenvalue weighted by atomic mass is 10.3. The van der Waals surface area contributed by atoms with Crippen molar-refractivity contribution in [2.24, 2.45) is 0 Å². The summed E-state index contributed by atoms with van der Waals surface area (Å²) in [5.41, 5.74) is -0.233. The first-order valence-corrected chi connectivity index (χ1v) is 6.56. The number of hydrogen-bond donors (Lipinski definition) is 2. The summed E-state index contributed by atoms with van der Waals surface area (Å²) in [6, 6.07) is 0.863. The minimum atomic E-state index is -1.17. The maximum atomic E-state index is 13.6. The lowest BCUT2D eigenvalue weighted by molar-refractivity contribution is -0.137. The summed E-state index contributed by atoms with van der Waals surface area (Å²) in [5, 5.41) is 10.9. The fourth-order valence-electron chi connectivity index (χ4n) is 1.53. The van der Waals surface area contributed by atoms with Gasteiger partial charge in [-0.2, -0.15) is 0 Å². The van der Waals surface area contributed by atoms with Gasteiger partial charge in [0.2, 0.25) is 0 Å². The Kier molecular flexibility index (Phi) is 5.87. The van der Waals surface area contributed by atoms with Crippen LogP contribution in [0.1, 0.15) is 13.3 Å². The SMILES string of the molecule is CCCN(CC(=O)O)C(=O)Nc1c(F)cc(F)cc1Br. The molecule has 0 aliphatic heterocycles. The van der Waals surface area contributed by atoms with Crippen molar-refractivity contribution in [2.75, 3.05) is 18.4 Å². The summed E-state index contributed by atoms with van der Waals surface area (Å²) < 4.78 is 26.5. The summed E-state index contributed by atoms with van der Waals surface area (Å²) in [5.74, 6) is -2.91. The molecule has 0 saturated heterocycles. The van der Waals surface area contributed by atoms with E-state index in [1.807, 2.05) is 0 Å². The van der Waals surface area contributed by atoms with Gasteiger partial charge in [-0.15, -0.1) is 0 Å². The van der Waals surface area contributed by atoms with Gasteiger partial charge in [0.15, 0.2) is 5.82 Å². The molecule has 0 heterocycles. The van der Waals surface area contributed by atoms with Gasteiger partial charge in [-0.1, -0.05) is 6.92 Å². The number of amides is 2. The summed E-state index contributed by atoms with van der Waals surface area (Å²) in [7, 11) is 0. The molecule has 1 aromatic rings. The van der Waals surface area contributed by atoms with Crippen LogP contribution in [0.15, 0.2) is 16.6 Å². The second kappa shape index (κ2) is 7.18. The van der Waals surface area contributed by atoms with E-state index in [2.05, 4.69) is 21.2 Å². The van der Waals surface area contributed by atoms with Gasteiger partial charge in [0, 0.05) is 17.1 Å². The van der Waals surface area contributed by atoms with Gasteiger partial charge in [-0.25, -0.2) is 13.6 Å². The van der Waals surface area contributed by atoms with Crippen LogP contribution in [0, 0.1) is 11.6 Å². The minimum absolute atomic E-state index is 0.0372. The Hall–Kier alpha value is -1.70. The number of benzene rings is 1. The molecule has 0 saturated carbocycles. The van der Waals surface area contributed by atoms with Crippen LogP contribution in [-0.4, -0.2) is 35.1 Å². The van der Waals surface area contributed by atoms with Crippen molar-refractivity contribution in [3.8, 4) is 0 Å². The first-order valence-electron chi connectivity index (χ1n) is 5.77. The number of nitrogens with one attached hydrogen (secondary N) is 1. The number of hydrogen-bond acceptors (Lipinski definition) is 2. The maximum Gasteiger partial charge on any atom is 0.323 e. The summed E-state index contributed by atoms with van der Waals surface area (Å²) in [6.07, 6.45) is 0.549. The number of aliphatic carboxylic acids is 1. The lowest BCUT2D eigenvalue weighted by Gasteiger charge is -2.21. The Balaban J connectivity index is 2.90. The maximum absolute atomic E-state index is 13.6. The number of carboxylic acid groups (broad SMARTS) is 1. The fraction of sp³-hybridized carbons (Fsp3) is 0.333. The number of carbonyl (C=O) groups is 2. The average Bonchev–Trinajstić information content (AvgIpc) is 2.32. The van der Waals surface area contributed by atoms with Crippen molar-refractivity contribution in [3.63, 3.8) is 0 Å². The van der Waals surface area contributed by atoms with E-state index in [1.165, 1.54) is 0 Å². The van der Waals surface area contributed by atoms with Gasteiger partial charge < -0.3 is 15.3 Å². The van der Waals surface area contributed by atoms with Crippen molar-refractivity contribution in [1.29, 1.82) is 0 Å². The van der Waals surface area contributed by atoms with Crippen LogP contribution in [0.25, 0.3) is 0 Å². The zero-order valence-electron chi connectivity index (χ0n) is 10.6. The molecule has 0 fully saturated rings. The molecule has 0 aliphatic rings. The number of urea groups is 1. The molecule has 1 rings (SSSR count). The molecule has 5 nitrogen and oxygen atoms in total. The van der Waals surface area contributed by atoms with Crippen LogP contribution in [-0.2, 0) is 4.79 Å². The summed E-state index contributed by atoms with van der Waals surface area (Å²) in [4.78, 5) is 23.6. The molecular formula is C12H13BrF2N2O3. The molecule has 0 aliphatic carbocycles. The van der Waals surface area contributed by atoms with E-state index in [-0.39, 0.29) is 16.7 Å². The molecule has 0 radical (unpaired) electrons. The molecule has 2 amide bonds. The Labute approximate surface area is 122 Å². The monoisotopic (exact) mass is 350 g/mol. The Bertz CT molecular complexity index is 502. The molecular weight excluding hydrogens is 338 g/mol. The quantitative estimate of drug-likeness (QED) is 0.857. The smallest absolute Gasteiger partial charge is 0.323 e. The molecule has 0 atom stereocenters. The van der Waals surface area contributed by atoms with Crippen LogP contribution in [0.4, 0.5) is 19.3 Å². The number of carboxylic acids is 1. The van der Waals surface area contributed by atoms with E-state index < -0.39 is 30.2 Å². The molecule has 2 N–H and O–H groups in total. The van der Waals surface area contributed by atoms with Gasteiger partial charge in [0.05, 0.1) is 5.69 Å². The second-order valence-corrected chi connectivity index (χ2v) is 4.84. The van der Waals surface area contributed by atoms with E-state index >= 15 is 0 Å². The highest BCUT2D eigenvalue weighted by molar-refractivity contribution is 9.10. The van der Waals surface area contributed by atoms with Crippen molar-refractivity contribution < 1.29 is 23.5 Å². The van der Waals surface area contributed by atoms with E-state index in [0.29, 0.717) is 12.5 Å². The lowest BCUT2D eigenvalue weighted by Crippen LogP contribution is -2.39. The molecule has 0 unspecified atom stereocenters. The number of rotatable bonds is 5. The Morgan fingerprint density at radius 1 is 1.40 bits per heavy atom.